The van der Waals surface area contributed by atoms with E-state index in [4.69, 9.17) is 4.84 Å². The van der Waals surface area contributed by atoms with Crippen molar-refractivity contribution >= 4 is 44.3 Å². The molecule has 2 heterocycles. The molecule has 0 saturated heterocycles. The third kappa shape index (κ3) is 3.98. The first-order valence-corrected chi connectivity index (χ1v) is 12.2. The third-order valence-corrected chi connectivity index (χ3v) is 7.98. The van der Waals surface area contributed by atoms with Crippen molar-refractivity contribution in [1.82, 2.24) is 5.01 Å². The van der Waals surface area contributed by atoms with E-state index in [1.54, 1.807) is 30.1 Å². The molecule has 9 heteroatoms. The number of oxime groups is 1. The summed E-state index contributed by atoms with van der Waals surface area (Å²) in [6, 6.07) is 3.42. The minimum absolute atomic E-state index is 0.0100. The summed E-state index contributed by atoms with van der Waals surface area (Å²) in [6.07, 6.45) is 2.84. The average molecular weight is 436 g/mol. The molecule has 0 saturated carbocycles. The molecule has 1 amide bonds. The molecule has 0 spiro atoms. The molecule has 0 N–H and O–H groups in total. The molecule has 0 fully saturated rings. The maximum absolute atomic E-state index is 12.8. The maximum Gasteiger partial charge on any atom is 0.276 e. The van der Waals surface area contributed by atoms with Crippen molar-refractivity contribution in [1.29, 1.82) is 0 Å². The molecule has 29 heavy (non-hydrogen) atoms. The van der Waals surface area contributed by atoms with E-state index in [-0.39, 0.29) is 16.6 Å². The van der Waals surface area contributed by atoms with Crippen LogP contribution in [0.3, 0.4) is 0 Å². The maximum atomic E-state index is 12.8. The van der Waals surface area contributed by atoms with Gasteiger partial charge in [0.15, 0.2) is 9.84 Å². The van der Waals surface area contributed by atoms with Gasteiger partial charge in [0.2, 0.25) is 0 Å². The van der Waals surface area contributed by atoms with E-state index in [0.717, 1.165) is 28.2 Å². The number of sulfone groups is 1. The van der Waals surface area contributed by atoms with Gasteiger partial charge in [-0.2, -0.15) is 5.10 Å². The van der Waals surface area contributed by atoms with Gasteiger partial charge in [-0.15, -0.1) is 11.8 Å². The van der Waals surface area contributed by atoms with Crippen LogP contribution in [-0.4, -0.2) is 56.4 Å². The summed E-state index contributed by atoms with van der Waals surface area (Å²) in [7, 11) is -1.93. The quantitative estimate of drug-likeness (QED) is 0.506. The van der Waals surface area contributed by atoms with Crippen LogP contribution in [0.2, 0.25) is 0 Å². The molecule has 0 unspecified atom stereocenters. The summed E-state index contributed by atoms with van der Waals surface area (Å²) >= 11 is 1.59. The molecule has 2 aliphatic rings. The van der Waals surface area contributed by atoms with E-state index in [0.29, 0.717) is 29.8 Å². The average Bonchev–Trinajstić information content (AvgIpc) is 3.06. The van der Waals surface area contributed by atoms with E-state index in [9.17, 15) is 13.2 Å². The third-order valence-electron chi connectivity index (χ3n) is 4.89. The Labute approximate surface area is 175 Å². The number of thioether (sulfide) groups is 1. The van der Waals surface area contributed by atoms with Gasteiger partial charge in [0, 0.05) is 23.4 Å². The van der Waals surface area contributed by atoms with Gasteiger partial charge in [0.1, 0.15) is 7.11 Å². The van der Waals surface area contributed by atoms with Crippen molar-refractivity contribution in [2.45, 2.75) is 38.5 Å². The Morgan fingerprint density at radius 1 is 1.34 bits per heavy atom. The number of carbonyl (C=O) groups is 1. The predicted molar refractivity (Wildman–Crippen MR) is 117 cm³/mol. The second-order valence-electron chi connectivity index (χ2n) is 6.76. The fourth-order valence-electron chi connectivity index (χ4n) is 3.48. The van der Waals surface area contributed by atoms with Crippen LogP contribution in [0, 0.1) is 6.92 Å². The lowest BCUT2D eigenvalue weighted by Gasteiger charge is -2.23. The molecule has 0 bridgehead atoms. The fourth-order valence-corrected chi connectivity index (χ4v) is 6.10. The Morgan fingerprint density at radius 3 is 2.72 bits per heavy atom. The first-order chi connectivity index (χ1) is 13.9. The fraction of sp³-hybridized carbons (Fsp3) is 0.450. The van der Waals surface area contributed by atoms with Crippen molar-refractivity contribution in [3.8, 4) is 0 Å². The Hall–Kier alpha value is -2.13. The topological polar surface area (TPSA) is 88.4 Å². The van der Waals surface area contributed by atoms with Crippen molar-refractivity contribution < 1.29 is 18.0 Å². The number of carbonyl (C=O) groups excluding carboxylic acids is 1. The van der Waals surface area contributed by atoms with Crippen LogP contribution in [0.15, 0.2) is 32.9 Å². The Bertz CT molecular complexity index is 1030. The summed E-state index contributed by atoms with van der Waals surface area (Å²) in [5, 5.41) is 9.71. The number of hydrogen-bond acceptors (Lipinski definition) is 7. The summed E-state index contributed by atoms with van der Waals surface area (Å²) < 4.78 is 25.2. The number of fused-ring (bicyclic) bond motifs is 1. The van der Waals surface area contributed by atoms with E-state index < -0.39 is 9.84 Å². The highest BCUT2D eigenvalue weighted by Gasteiger charge is 2.32. The highest BCUT2D eigenvalue weighted by atomic mass is 32.2. The van der Waals surface area contributed by atoms with Crippen molar-refractivity contribution in [3.63, 3.8) is 0 Å². The molecule has 7 nitrogen and oxygen atoms in total. The van der Waals surface area contributed by atoms with Crippen LogP contribution in [0.1, 0.15) is 43.4 Å². The van der Waals surface area contributed by atoms with Gasteiger partial charge in [-0.1, -0.05) is 18.1 Å². The number of hydrazone groups is 1. The summed E-state index contributed by atoms with van der Waals surface area (Å²) in [6.45, 7) is 6.32. The summed E-state index contributed by atoms with van der Waals surface area (Å²) in [5.74, 6) is 0.706. The van der Waals surface area contributed by atoms with Gasteiger partial charge >= 0.3 is 0 Å². The second kappa shape index (κ2) is 8.71. The van der Waals surface area contributed by atoms with E-state index in [1.807, 2.05) is 13.8 Å². The number of nitrogens with zero attached hydrogens (tertiary/aromatic N) is 3. The van der Waals surface area contributed by atoms with Crippen molar-refractivity contribution in [3.05, 3.63) is 34.4 Å². The largest absolute Gasteiger partial charge is 0.399 e. The predicted octanol–water partition coefficient (Wildman–Crippen LogP) is 3.23. The summed E-state index contributed by atoms with van der Waals surface area (Å²) in [4.78, 5) is 18.8. The number of likely N-dealkylation sites (N-methyl/N-ethyl adjacent to an activating group) is 1. The Balaban J connectivity index is 2.24. The molecule has 0 atom stereocenters. The molecule has 0 radical (unpaired) electrons. The zero-order chi connectivity index (χ0) is 21.2. The molecule has 0 aliphatic carbocycles. The number of hydrogen-bond donors (Lipinski definition) is 0. The minimum Gasteiger partial charge on any atom is -0.399 e. The van der Waals surface area contributed by atoms with Gasteiger partial charge in [-0.05, 0) is 43.2 Å². The van der Waals surface area contributed by atoms with Crippen molar-refractivity contribution in [2.24, 2.45) is 10.3 Å². The monoisotopic (exact) mass is 435 g/mol. The minimum atomic E-state index is -3.38. The van der Waals surface area contributed by atoms with Gasteiger partial charge in [0.05, 0.1) is 28.1 Å². The van der Waals surface area contributed by atoms with E-state index in [2.05, 4.69) is 17.2 Å². The lowest BCUT2D eigenvalue weighted by molar-refractivity contribution is -0.125. The number of benzene rings is 1. The van der Waals surface area contributed by atoms with Crippen LogP contribution in [0.25, 0.3) is 4.91 Å². The highest BCUT2D eigenvalue weighted by Crippen LogP contribution is 2.39. The van der Waals surface area contributed by atoms with Crippen LogP contribution in [0.4, 0.5) is 0 Å². The molecule has 0 aromatic heterocycles. The Morgan fingerprint density at radius 2 is 2.10 bits per heavy atom. The van der Waals surface area contributed by atoms with Gasteiger partial charge in [0.25, 0.3) is 5.91 Å². The zero-order valence-corrected chi connectivity index (χ0v) is 18.7. The van der Waals surface area contributed by atoms with E-state index >= 15 is 0 Å². The number of amides is 1. The molecule has 2 aliphatic heterocycles. The molecular weight excluding hydrogens is 410 g/mol. The van der Waals surface area contributed by atoms with Gasteiger partial charge < -0.3 is 4.84 Å². The SMILES string of the molecule is CCCSC(=C1C=NN(CC)C1=O)c1ccc2c(c1C)C(=NOC)CCS2(=O)=O. The second-order valence-corrected chi connectivity index (χ2v) is 9.94. The molecular formula is C20H25N3O4S2. The molecule has 1 aromatic rings. The number of rotatable bonds is 6. The zero-order valence-electron chi connectivity index (χ0n) is 17.1. The smallest absolute Gasteiger partial charge is 0.276 e. The van der Waals surface area contributed by atoms with Crippen LogP contribution >= 0.6 is 11.8 Å². The van der Waals surface area contributed by atoms with Gasteiger partial charge in [-0.3, -0.25) is 4.79 Å². The first-order valence-electron chi connectivity index (χ1n) is 9.55. The van der Waals surface area contributed by atoms with Gasteiger partial charge in [-0.25, -0.2) is 13.4 Å². The normalized spacial score (nSPS) is 20.9. The van der Waals surface area contributed by atoms with Crippen LogP contribution in [-0.2, 0) is 19.5 Å². The molecule has 156 valence electrons. The Kier molecular flexibility index (Phi) is 6.48. The highest BCUT2D eigenvalue weighted by molar-refractivity contribution is 8.08. The molecule has 1 aromatic carbocycles. The standard InChI is InChI=1S/C20H25N3O4S2/c1-5-10-28-19(15-12-21-23(6-2)20(15)24)14-7-8-17-18(13(14)3)16(22-27-4)9-11-29(17,25)26/h7-8,12H,5-6,9-11H2,1-4H3. The van der Waals surface area contributed by atoms with Crippen molar-refractivity contribution in [2.75, 3.05) is 25.2 Å². The molecule has 3 rings (SSSR count). The lowest BCUT2D eigenvalue weighted by atomic mass is 9.95. The van der Waals surface area contributed by atoms with Crippen LogP contribution < -0.4 is 0 Å². The summed E-state index contributed by atoms with van der Waals surface area (Å²) in [5.41, 5.74) is 3.35. The lowest BCUT2D eigenvalue weighted by Crippen LogP contribution is -2.24. The first kappa shape index (κ1) is 21.6. The van der Waals surface area contributed by atoms with Crippen LogP contribution in [0.5, 0.6) is 0 Å². The van der Waals surface area contributed by atoms with E-state index in [1.165, 1.54) is 12.1 Å².